The van der Waals surface area contributed by atoms with Gasteiger partial charge < -0.3 is 15.2 Å². The van der Waals surface area contributed by atoms with Crippen molar-refractivity contribution in [2.45, 2.75) is 31.0 Å². The summed E-state index contributed by atoms with van der Waals surface area (Å²) >= 11 is 0. The summed E-state index contributed by atoms with van der Waals surface area (Å²) in [5.74, 6) is -0.0942. The van der Waals surface area contributed by atoms with Gasteiger partial charge in [0, 0.05) is 12.6 Å². The van der Waals surface area contributed by atoms with Gasteiger partial charge in [-0.3, -0.25) is 9.69 Å². The second-order valence-electron chi connectivity index (χ2n) is 7.90. The maximum Gasteiger partial charge on any atom is 0.417 e. The monoisotopic (exact) mass is 458 g/mol. The summed E-state index contributed by atoms with van der Waals surface area (Å²) in [6, 6.07) is 9.48. The van der Waals surface area contributed by atoms with Crippen LogP contribution >= 0.6 is 0 Å². The zero-order valence-corrected chi connectivity index (χ0v) is 17.8. The lowest BCUT2D eigenvalue weighted by atomic mass is 9.82. The minimum Gasteiger partial charge on any atom is -0.467 e. The molecule has 0 aromatic heterocycles. The molecule has 172 valence electrons. The molecule has 2 heterocycles. The van der Waals surface area contributed by atoms with Gasteiger partial charge >= 0.3 is 6.18 Å². The molecule has 0 fully saturated rings. The molecule has 2 aromatic carbocycles. The highest BCUT2D eigenvalue weighted by Crippen LogP contribution is 2.45. The topological polar surface area (TPSA) is 101 Å². The fourth-order valence-electron chi connectivity index (χ4n) is 4.17. The summed E-state index contributed by atoms with van der Waals surface area (Å²) in [6.45, 7) is 0.353. The number of nitrogens with two attached hydrogens (primary N) is 1. The summed E-state index contributed by atoms with van der Waals surface area (Å²) in [7, 11) is 1.50. The van der Waals surface area contributed by atoms with Crippen LogP contribution < -0.4 is 10.5 Å². The minimum absolute atomic E-state index is 0.0205. The van der Waals surface area contributed by atoms with Crippen LogP contribution in [0.4, 0.5) is 13.2 Å². The average molecular weight is 458 g/mol. The molecule has 2 aliphatic rings. The Hall–Kier alpha value is -3.58. The largest absolute Gasteiger partial charge is 0.467 e. The maximum atomic E-state index is 13.8. The first-order chi connectivity index (χ1) is 15.7. The number of carbonyl (C=O) groups excluding carboxylic acids is 1. The van der Waals surface area contributed by atoms with Gasteiger partial charge in [0.05, 0.1) is 23.8 Å². The zero-order chi connectivity index (χ0) is 23.8. The molecule has 1 atom stereocenters. The van der Waals surface area contributed by atoms with E-state index in [9.17, 15) is 23.2 Å². The van der Waals surface area contributed by atoms with Crippen LogP contribution in [0.15, 0.2) is 41.4 Å². The van der Waals surface area contributed by atoms with Gasteiger partial charge in [-0.1, -0.05) is 6.07 Å². The molecular formula is C23H21F3N4O3. The van der Waals surface area contributed by atoms with E-state index in [0.717, 1.165) is 12.1 Å². The van der Waals surface area contributed by atoms with Crippen LogP contribution in [-0.4, -0.2) is 37.2 Å². The van der Waals surface area contributed by atoms with Gasteiger partial charge in [0.1, 0.15) is 5.75 Å². The average Bonchev–Trinajstić information content (AvgIpc) is 3.01. The number of guanidine groups is 1. The van der Waals surface area contributed by atoms with Crippen molar-refractivity contribution in [3.05, 3.63) is 53.1 Å². The number of likely N-dealkylation sites (N-methyl/N-ethyl adjacent to an activating group) is 1. The van der Waals surface area contributed by atoms with Gasteiger partial charge in [0.25, 0.3) is 5.91 Å². The summed E-state index contributed by atoms with van der Waals surface area (Å²) in [5, 5.41) is 9.23. The van der Waals surface area contributed by atoms with Crippen molar-refractivity contribution in [1.82, 2.24) is 4.90 Å². The first kappa shape index (κ1) is 22.6. The second-order valence-corrected chi connectivity index (χ2v) is 7.90. The van der Waals surface area contributed by atoms with Crippen LogP contribution in [0.5, 0.6) is 5.75 Å². The van der Waals surface area contributed by atoms with Crippen molar-refractivity contribution in [1.29, 1.82) is 5.26 Å². The number of hydrogen-bond donors (Lipinski definition) is 1. The number of ether oxygens (including phenoxy) is 2. The Balaban J connectivity index is 1.96. The van der Waals surface area contributed by atoms with Crippen LogP contribution in [0.1, 0.15) is 36.0 Å². The van der Waals surface area contributed by atoms with E-state index in [2.05, 4.69) is 4.99 Å². The van der Waals surface area contributed by atoms with Crippen molar-refractivity contribution < 1.29 is 27.4 Å². The maximum absolute atomic E-state index is 13.8. The summed E-state index contributed by atoms with van der Waals surface area (Å²) in [5.41, 5.74) is 4.03. The van der Waals surface area contributed by atoms with E-state index in [-0.39, 0.29) is 47.5 Å². The molecule has 33 heavy (non-hydrogen) atoms. The van der Waals surface area contributed by atoms with E-state index in [1.54, 1.807) is 0 Å². The van der Waals surface area contributed by atoms with Crippen LogP contribution in [-0.2, 0) is 21.2 Å². The molecule has 1 amide bonds. The smallest absolute Gasteiger partial charge is 0.417 e. The lowest BCUT2D eigenvalue weighted by Gasteiger charge is -2.29. The SMILES string of the molecule is CN1C(=O)[C@@]2(CCCCOCOc3ccc(-c4cc(C#N)ccc4C(F)(F)F)cc32)N=C1N. The molecule has 0 saturated heterocycles. The molecule has 4 rings (SSSR count). The lowest BCUT2D eigenvalue weighted by Crippen LogP contribution is -2.41. The van der Waals surface area contributed by atoms with Gasteiger partial charge in [-0.2, -0.15) is 18.4 Å². The van der Waals surface area contributed by atoms with Gasteiger partial charge in [0.15, 0.2) is 18.3 Å². The van der Waals surface area contributed by atoms with E-state index in [1.807, 2.05) is 6.07 Å². The van der Waals surface area contributed by atoms with Crippen molar-refractivity contribution in [2.24, 2.45) is 10.7 Å². The molecule has 10 heteroatoms. The van der Waals surface area contributed by atoms with Crippen LogP contribution in [0, 0.1) is 11.3 Å². The molecule has 7 nitrogen and oxygen atoms in total. The molecule has 2 aliphatic heterocycles. The Morgan fingerprint density at radius 2 is 2.00 bits per heavy atom. The summed E-state index contributed by atoms with van der Waals surface area (Å²) in [4.78, 5) is 19.0. The quantitative estimate of drug-likeness (QED) is 0.701. The molecule has 0 unspecified atom stereocenters. The van der Waals surface area contributed by atoms with Crippen LogP contribution in [0.25, 0.3) is 11.1 Å². The highest BCUT2D eigenvalue weighted by atomic mass is 19.4. The molecular weight excluding hydrogens is 437 g/mol. The molecule has 2 N–H and O–H groups in total. The Bertz CT molecular complexity index is 1170. The Morgan fingerprint density at radius 1 is 1.21 bits per heavy atom. The first-order valence-corrected chi connectivity index (χ1v) is 10.3. The molecule has 0 radical (unpaired) electrons. The van der Waals surface area contributed by atoms with Crippen LogP contribution in [0.3, 0.4) is 0 Å². The number of halogens is 3. The lowest BCUT2D eigenvalue weighted by molar-refractivity contribution is -0.137. The number of amides is 1. The van der Waals surface area contributed by atoms with Crippen molar-refractivity contribution >= 4 is 11.9 Å². The highest BCUT2D eigenvalue weighted by Gasteiger charge is 2.49. The zero-order valence-electron chi connectivity index (χ0n) is 17.8. The number of rotatable bonds is 1. The first-order valence-electron chi connectivity index (χ1n) is 10.3. The van der Waals surface area contributed by atoms with Crippen LogP contribution in [0.2, 0.25) is 0 Å². The molecule has 0 bridgehead atoms. The fraction of sp³-hybridized carbons (Fsp3) is 0.348. The fourth-order valence-corrected chi connectivity index (χ4v) is 4.17. The number of nitriles is 1. The normalized spacial score (nSPS) is 21.2. The van der Waals surface area contributed by atoms with Crippen molar-refractivity contribution in [3.8, 4) is 22.9 Å². The Labute approximate surface area is 188 Å². The van der Waals surface area contributed by atoms with Gasteiger partial charge in [-0.15, -0.1) is 0 Å². The third kappa shape index (κ3) is 4.00. The highest BCUT2D eigenvalue weighted by molar-refractivity contribution is 6.07. The third-order valence-corrected chi connectivity index (χ3v) is 5.87. The number of alkyl halides is 3. The molecule has 0 saturated carbocycles. The second kappa shape index (κ2) is 8.41. The van der Waals surface area contributed by atoms with E-state index < -0.39 is 17.3 Å². The summed E-state index contributed by atoms with van der Waals surface area (Å²) < 4.78 is 52.4. The van der Waals surface area contributed by atoms with E-state index >= 15 is 0 Å². The van der Waals surface area contributed by atoms with Gasteiger partial charge in [-0.05, 0) is 60.7 Å². The number of hydrogen-bond acceptors (Lipinski definition) is 6. The number of fused-ring (bicyclic) bond motifs is 2. The third-order valence-electron chi connectivity index (χ3n) is 5.87. The van der Waals surface area contributed by atoms with Gasteiger partial charge in [-0.25, -0.2) is 4.99 Å². The molecule has 0 aliphatic carbocycles. The predicted octanol–water partition coefficient (Wildman–Crippen LogP) is 3.76. The Morgan fingerprint density at radius 3 is 2.67 bits per heavy atom. The standard InChI is InChI=1S/C23H21F3N4O3/c1-30-20(31)22(29-21(30)28)8-2-3-9-32-13-33-19-7-5-15(11-18(19)22)16-10-14(12-27)4-6-17(16)23(24,25)26/h4-7,10-11H,2-3,8-9,13H2,1H3,(H2,28,29)/t22-/m0/s1. The van der Waals surface area contributed by atoms with E-state index in [1.165, 1.54) is 36.2 Å². The minimum atomic E-state index is -4.64. The van der Waals surface area contributed by atoms with Crippen molar-refractivity contribution in [2.75, 3.05) is 20.4 Å². The number of carbonyl (C=O) groups is 1. The Kier molecular flexibility index (Phi) is 5.76. The summed E-state index contributed by atoms with van der Waals surface area (Å²) in [6.07, 6.45) is -3.13. The number of nitrogens with zero attached hydrogens (tertiary/aromatic N) is 3. The predicted molar refractivity (Wildman–Crippen MR) is 113 cm³/mol. The van der Waals surface area contributed by atoms with E-state index in [0.29, 0.717) is 25.0 Å². The molecule has 2 aromatic rings. The number of benzene rings is 2. The van der Waals surface area contributed by atoms with Gasteiger partial charge in [0.2, 0.25) is 0 Å². The molecule has 1 spiro atoms. The van der Waals surface area contributed by atoms with E-state index in [4.69, 9.17) is 15.2 Å². The number of aliphatic imine (C=N–C) groups is 1. The van der Waals surface area contributed by atoms with Crippen molar-refractivity contribution in [3.63, 3.8) is 0 Å².